The summed E-state index contributed by atoms with van der Waals surface area (Å²) < 4.78 is 33.1. The zero-order valence-corrected chi connectivity index (χ0v) is 15.4. The van der Waals surface area contributed by atoms with E-state index >= 15 is 0 Å². The first-order valence-electron chi connectivity index (χ1n) is 8.52. The van der Waals surface area contributed by atoms with Gasteiger partial charge in [-0.3, -0.25) is 4.79 Å². The second kappa shape index (κ2) is 7.88. The number of hydrogen-bond donors (Lipinski definition) is 2. The van der Waals surface area contributed by atoms with Crippen molar-refractivity contribution in [3.05, 3.63) is 59.7 Å². The highest BCUT2D eigenvalue weighted by molar-refractivity contribution is 7.89. The van der Waals surface area contributed by atoms with Gasteiger partial charge in [-0.2, -0.15) is 0 Å². The molecule has 0 bridgehead atoms. The molecule has 138 valence electrons. The number of sulfonamides is 1. The molecule has 0 saturated heterocycles. The van der Waals surface area contributed by atoms with Gasteiger partial charge in [0.05, 0.1) is 7.11 Å². The van der Waals surface area contributed by atoms with Gasteiger partial charge in [0.25, 0.3) is 5.91 Å². The maximum Gasteiger partial charge on any atom is 0.251 e. The first-order chi connectivity index (χ1) is 12.5. The van der Waals surface area contributed by atoms with Gasteiger partial charge >= 0.3 is 0 Å². The van der Waals surface area contributed by atoms with E-state index in [2.05, 4.69) is 10.0 Å². The Morgan fingerprint density at radius 2 is 1.88 bits per heavy atom. The van der Waals surface area contributed by atoms with Crippen molar-refractivity contribution in [2.24, 2.45) is 0 Å². The molecule has 0 aliphatic heterocycles. The number of carbonyl (C=O) groups is 1. The molecule has 0 spiro atoms. The van der Waals surface area contributed by atoms with Crippen molar-refractivity contribution in [1.29, 1.82) is 0 Å². The number of rotatable bonds is 8. The van der Waals surface area contributed by atoms with Crippen LogP contribution in [0.3, 0.4) is 0 Å². The lowest BCUT2D eigenvalue weighted by molar-refractivity contribution is 0.0951. The molecule has 2 aromatic rings. The predicted molar refractivity (Wildman–Crippen MR) is 98.8 cm³/mol. The third kappa shape index (κ3) is 4.62. The van der Waals surface area contributed by atoms with Crippen LogP contribution in [0.1, 0.15) is 28.8 Å². The first-order valence-corrected chi connectivity index (χ1v) is 10.0. The van der Waals surface area contributed by atoms with E-state index in [0.29, 0.717) is 12.0 Å². The van der Waals surface area contributed by atoms with Crippen LogP contribution in [0, 0.1) is 0 Å². The van der Waals surface area contributed by atoms with E-state index in [1.165, 1.54) is 19.2 Å². The van der Waals surface area contributed by atoms with Crippen LogP contribution in [0.4, 0.5) is 0 Å². The fourth-order valence-electron chi connectivity index (χ4n) is 2.58. The lowest BCUT2D eigenvalue weighted by atomic mass is 10.2. The lowest BCUT2D eigenvalue weighted by Crippen LogP contribution is -2.28. The second-order valence-electron chi connectivity index (χ2n) is 6.25. The molecule has 2 aromatic carbocycles. The standard InChI is InChI=1S/C19H22N2O4S/c1-25-17-10-7-15(19(22)21-16-8-9-16)13-18(17)26(23,24)20-12-11-14-5-3-2-4-6-14/h2-7,10,13,16,20H,8-9,11-12H2,1H3,(H,21,22). The van der Waals surface area contributed by atoms with E-state index in [1.54, 1.807) is 6.07 Å². The maximum absolute atomic E-state index is 12.7. The van der Waals surface area contributed by atoms with Crippen LogP contribution in [0.2, 0.25) is 0 Å². The number of benzene rings is 2. The van der Waals surface area contributed by atoms with Gasteiger partial charge < -0.3 is 10.1 Å². The molecule has 1 amide bonds. The minimum absolute atomic E-state index is 0.0310. The van der Waals surface area contributed by atoms with Crippen LogP contribution in [0.15, 0.2) is 53.4 Å². The molecule has 3 rings (SSSR count). The largest absolute Gasteiger partial charge is 0.495 e. The van der Waals surface area contributed by atoms with Gasteiger partial charge in [-0.15, -0.1) is 0 Å². The van der Waals surface area contributed by atoms with Crippen LogP contribution in [0.25, 0.3) is 0 Å². The molecular formula is C19H22N2O4S. The van der Waals surface area contributed by atoms with E-state index in [9.17, 15) is 13.2 Å². The minimum Gasteiger partial charge on any atom is -0.495 e. The Morgan fingerprint density at radius 1 is 1.15 bits per heavy atom. The summed E-state index contributed by atoms with van der Waals surface area (Å²) in [6.07, 6.45) is 2.51. The van der Waals surface area contributed by atoms with E-state index in [-0.39, 0.29) is 29.1 Å². The maximum atomic E-state index is 12.7. The van der Waals surface area contributed by atoms with E-state index in [4.69, 9.17) is 4.74 Å². The molecule has 0 atom stereocenters. The Labute approximate surface area is 153 Å². The summed E-state index contributed by atoms with van der Waals surface area (Å²) in [5.74, 6) is -0.0592. The van der Waals surface area contributed by atoms with Crippen molar-refractivity contribution < 1.29 is 17.9 Å². The Morgan fingerprint density at radius 3 is 2.54 bits per heavy atom. The van der Waals surface area contributed by atoms with Crippen LogP contribution >= 0.6 is 0 Å². The number of nitrogens with one attached hydrogen (secondary N) is 2. The molecule has 26 heavy (non-hydrogen) atoms. The summed E-state index contributed by atoms with van der Waals surface area (Å²) >= 11 is 0. The normalized spacial score (nSPS) is 14.0. The van der Waals surface area contributed by atoms with Crippen molar-refractivity contribution in [3.8, 4) is 5.75 Å². The summed E-state index contributed by atoms with van der Waals surface area (Å²) in [6, 6.07) is 14.3. The molecule has 1 saturated carbocycles. The van der Waals surface area contributed by atoms with Gasteiger partial charge in [-0.25, -0.2) is 13.1 Å². The van der Waals surface area contributed by atoms with Crippen molar-refractivity contribution >= 4 is 15.9 Å². The summed E-state index contributed by atoms with van der Waals surface area (Å²) in [7, 11) is -2.39. The first kappa shape index (κ1) is 18.4. The number of ether oxygens (including phenoxy) is 1. The minimum atomic E-state index is -3.80. The average molecular weight is 374 g/mol. The average Bonchev–Trinajstić information content (AvgIpc) is 3.46. The van der Waals surface area contributed by atoms with E-state index in [1.807, 2.05) is 30.3 Å². The molecule has 1 fully saturated rings. The number of hydrogen-bond acceptors (Lipinski definition) is 4. The smallest absolute Gasteiger partial charge is 0.251 e. The fraction of sp³-hybridized carbons (Fsp3) is 0.316. The molecule has 1 aliphatic rings. The Hall–Kier alpha value is -2.38. The zero-order chi connectivity index (χ0) is 18.6. The van der Waals surface area contributed by atoms with Crippen molar-refractivity contribution in [1.82, 2.24) is 10.0 Å². The van der Waals surface area contributed by atoms with Gasteiger partial charge in [-0.05, 0) is 43.0 Å². The Balaban J connectivity index is 1.74. The van der Waals surface area contributed by atoms with Gasteiger partial charge in [0.15, 0.2) is 0 Å². The Kier molecular flexibility index (Phi) is 5.58. The van der Waals surface area contributed by atoms with Crippen molar-refractivity contribution in [3.63, 3.8) is 0 Å². The predicted octanol–water partition coefficient (Wildman–Crippen LogP) is 2.11. The highest BCUT2D eigenvalue weighted by Crippen LogP contribution is 2.26. The van der Waals surface area contributed by atoms with Crippen molar-refractivity contribution in [2.75, 3.05) is 13.7 Å². The number of carbonyl (C=O) groups excluding carboxylic acids is 1. The molecule has 0 radical (unpaired) electrons. The van der Waals surface area contributed by atoms with Gasteiger partial charge in [0, 0.05) is 18.2 Å². The molecule has 0 aromatic heterocycles. The molecule has 6 nitrogen and oxygen atoms in total. The third-order valence-electron chi connectivity index (χ3n) is 4.18. The molecule has 1 aliphatic carbocycles. The van der Waals surface area contributed by atoms with Crippen LogP contribution in [-0.2, 0) is 16.4 Å². The molecule has 0 unspecified atom stereocenters. The monoisotopic (exact) mass is 374 g/mol. The van der Waals surface area contributed by atoms with Gasteiger partial charge in [-0.1, -0.05) is 30.3 Å². The fourth-order valence-corrected chi connectivity index (χ4v) is 3.80. The summed E-state index contributed by atoms with van der Waals surface area (Å²) in [4.78, 5) is 12.2. The van der Waals surface area contributed by atoms with Crippen molar-refractivity contribution in [2.45, 2.75) is 30.2 Å². The Bertz CT molecular complexity index is 878. The highest BCUT2D eigenvalue weighted by atomic mass is 32.2. The van der Waals surface area contributed by atoms with E-state index < -0.39 is 10.0 Å². The summed E-state index contributed by atoms with van der Waals surface area (Å²) in [6.45, 7) is 0.258. The molecular weight excluding hydrogens is 352 g/mol. The highest BCUT2D eigenvalue weighted by Gasteiger charge is 2.26. The molecule has 0 heterocycles. The summed E-state index contributed by atoms with van der Waals surface area (Å²) in [5, 5.41) is 2.86. The number of amides is 1. The second-order valence-corrected chi connectivity index (χ2v) is 7.98. The van der Waals surface area contributed by atoms with Gasteiger partial charge in [0.1, 0.15) is 10.6 Å². The molecule has 2 N–H and O–H groups in total. The van der Waals surface area contributed by atoms with Crippen LogP contribution in [0.5, 0.6) is 5.75 Å². The lowest BCUT2D eigenvalue weighted by Gasteiger charge is -2.12. The zero-order valence-electron chi connectivity index (χ0n) is 14.6. The SMILES string of the molecule is COc1ccc(C(=O)NC2CC2)cc1S(=O)(=O)NCCc1ccccc1. The van der Waals surface area contributed by atoms with Gasteiger partial charge in [0.2, 0.25) is 10.0 Å². The summed E-state index contributed by atoms with van der Waals surface area (Å²) in [5.41, 5.74) is 1.35. The third-order valence-corrected chi connectivity index (χ3v) is 5.66. The van der Waals surface area contributed by atoms with Crippen LogP contribution in [-0.4, -0.2) is 34.0 Å². The molecule has 7 heteroatoms. The van der Waals surface area contributed by atoms with E-state index in [0.717, 1.165) is 18.4 Å². The quantitative estimate of drug-likeness (QED) is 0.741. The topological polar surface area (TPSA) is 84.5 Å². The number of methoxy groups -OCH3 is 1. The van der Waals surface area contributed by atoms with Crippen LogP contribution < -0.4 is 14.8 Å².